The fraction of sp³-hybridized carbons (Fsp3) is 0.400. The lowest BCUT2D eigenvalue weighted by Gasteiger charge is -2.14. The van der Waals surface area contributed by atoms with Gasteiger partial charge in [-0.2, -0.15) is 5.10 Å². The average molecular weight is 193 g/mol. The molecule has 0 atom stereocenters. The fourth-order valence-corrected chi connectivity index (χ4v) is 1.03. The molecular weight excluding hydrogens is 178 g/mol. The monoisotopic (exact) mass is 193 g/mol. The van der Waals surface area contributed by atoms with E-state index in [2.05, 4.69) is 10.4 Å². The molecule has 1 rings (SSSR count). The first-order valence-electron chi connectivity index (χ1n) is 4.62. The summed E-state index contributed by atoms with van der Waals surface area (Å²) in [5.41, 5.74) is 0. The summed E-state index contributed by atoms with van der Waals surface area (Å²) in [6.45, 7) is 4.12. The maximum atomic E-state index is 11.4. The summed E-state index contributed by atoms with van der Waals surface area (Å²) in [5, 5.41) is 8.44. The van der Waals surface area contributed by atoms with Gasteiger partial charge in [-0.1, -0.05) is 6.08 Å². The molecule has 14 heavy (non-hydrogen) atoms. The summed E-state index contributed by atoms with van der Waals surface area (Å²) in [4.78, 5) is 11.4. The molecule has 0 fully saturated rings. The molecule has 0 aliphatic carbocycles. The first kappa shape index (κ1) is 10.5. The largest absolute Gasteiger partial charge is 0.352 e. The highest BCUT2D eigenvalue weighted by atomic mass is 16.2. The fourth-order valence-electron chi connectivity index (χ4n) is 1.03. The summed E-state index contributed by atoms with van der Waals surface area (Å²) < 4.78 is 0. The minimum atomic E-state index is -0.0244. The van der Waals surface area contributed by atoms with Crippen LogP contribution in [0.4, 0.5) is 0 Å². The van der Waals surface area contributed by atoms with Crippen LogP contribution in [-0.2, 0) is 4.79 Å². The van der Waals surface area contributed by atoms with Crippen molar-refractivity contribution in [3.05, 3.63) is 24.4 Å². The maximum Gasteiger partial charge on any atom is 0.241 e. The van der Waals surface area contributed by atoms with E-state index in [1.807, 2.05) is 32.1 Å². The minimum absolute atomic E-state index is 0.0244. The molecule has 1 N–H and O–H groups in total. The lowest BCUT2D eigenvalue weighted by Crippen LogP contribution is -2.36. The molecule has 0 saturated carbocycles. The maximum absolute atomic E-state index is 11.4. The number of amides is 1. The summed E-state index contributed by atoms with van der Waals surface area (Å²) in [6.07, 6.45) is 8.94. The second kappa shape index (κ2) is 5.21. The van der Waals surface area contributed by atoms with E-state index in [1.165, 1.54) is 0 Å². The molecule has 0 aromatic heterocycles. The number of allylic oxidation sites excluding steroid dienone is 3. The first-order valence-corrected chi connectivity index (χ1v) is 4.62. The van der Waals surface area contributed by atoms with Crippen LogP contribution in [0, 0.1) is 0 Å². The van der Waals surface area contributed by atoms with Crippen LogP contribution in [0.15, 0.2) is 29.5 Å². The van der Waals surface area contributed by atoms with E-state index >= 15 is 0 Å². The summed E-state index contributed by atoms with van der Waals surface area (Å²) >= 11 is 0. The van der Waals surface area contributed by atoms with E-state index in [0.717, 1.165) is 0 Å². The first-order chi connectivity index (χ1) is 6.68. The van der Waals surface area contributed by atoms with Crippen molar-refractivity contribution in [2.45, 2.75) is 19.9 Å². The molecule has 0 radical (unpaired) electrons. The van der Waals surface area contributed by atoms with Crippen LogP contribution in [0.3, 0.4) is 0 Å². The molecule has 0 aromatic carbocycles. The second-order valence-electron chi connectivity index (χ2n) is 3.31. The van der Waals surface area contributed by atoms with Crippen molar-refractivity contribution in [1.29, 1.82) is 0 Å². The molecule has 1 heterocycles. The Hall–Kier alpha value is -1.58. The van der Waals surface area contributed by atoms with Crippen LogP contribution in [0.1, 0.15) is 13.8 Å². The van der Waals surface area contributed by atoms with Gasteiger partial charge in [0.05, 0.1) is 0 Å². The van der Waals surface area contributed by atoms with E-state index in [-0.39, 0.29) is 18.5 Å². The number of nitrogens with zero attached hydrogens (tertiary/aromatic N) is 2. The van der Waals surface area contributed by atoms with Gasteiger partial charge in [-0.25, -0.2) is 0 Å². The third-order valence-corrected chi connectivity index (χ3v) is 1.54. The molecule has 4 heteroatoms. The summed E-state index contributed by atoms with van der Waals surface area (Å²) in [5.74, 6) is -0.0244. The number of hydrazone groups is 1. The number of hydrogen-bond acceptors (Lipinski definition) is 3. The van der Waals surface area contributed by atoms with Gasteiger partial charge in [-0.3, -0.25) is 9.80 Å². The Morgan fingerprint density at radius 1 is 1.43 bits per heavy atom. The molecule has 0 unspecified atom stereocenters. The zero-order chi connectivity index (χ0) is 10.4. The molecule has 0 spiro atoms. The molecule has 0 aromatic rings. The number of nitrogens with one attached hydrogen (secondary N) is 1. The van der Waals surface area contributed by atoms with Gasteiger partial charge >= 0.3 is 0 Å². The van der Waals surface area contributed by atoms with Gasteiger partial charge in [-0.15, -0.1) is 0 Å². The Bertz CT molecular complexity index is 263. The van der Waals surface area contributed by atoms with Crippen molar-refractivity contribution >= 4 is 12.1 Å². The predicted molar refractivity (Wildman–Crippen MR) is 56.8 cm³/mol. The molecule has 1 amide bonds. The molecule has 0 saturated heterocycles. The van der Waals surface area contributed by atoms with E-state index in [9.17, 15) is 4.79 Å². The molecule has 1 aliphatic heterocycles. The van der Waals surface area contributed by atoms with Gasteiger partial charge in [0.15, 0.2) is 0 Å². The normalized spacial score (nSPS) is 14.6. The van der Waals surface area contributed by atoms with Gasteiger partial charge in [0.1, 0.15) is 6.54 Å². The van der Waals surface area contributed by atoms with Gasteiger partial charge in [-0.05, 0) is 26.0 Å². The number of rotatable bonds is 3. The van der Waals surface area contributed by atoms with Crippen molar-refractivity contribution in [3.63, 3.8) is 0 Å². The standard InChI is InChI=1S/C10H15N3O/c1-9(2)12-10(14)8-13-7-5-3-4-6-11-13/h3-7,9H,8H2,1-2H3,(H,12,14). The second-order valence-corrected chi connectivity index (χ2v) is 3.31. The molecular formula is C10H15N3O. The smallest absolute Gasteiger partial charge is 0.241 e. The van der Waals surface area contributed by atoms with Crippen LogP contribution in [0.5, 0.6) is 0 Å². The topological polar surface area (TPSA) is 44.7 Å². The Morgan fingerprint density at radius 2 is 2.21 bits per heavy atom. The van der Waals surface area contributed by atoms with Crippen molar-refractivity contribution in [2.75, 3.05) is 6.54 Å². The lowest BCUT2D eigenvalue weighted by molar-refractivity contribution is -0.122. The Kier molecular flexibility index (Phi) is 3.91. The highest BCUT2D eigenvalue weighted by Gasteiger charge is 2.06. The summed E-state index contributed by atoms with van der Waals surface area (Å²) in [7, 11) is 0. The minimum Gasteiger partial charge on any atom is -0.352 e. The van der Waals surface area contributed by atoms with Crippen LogP contribution in [-0.4, -0.2) is 29.7 Å². The number of hydrogen-bond donors (Lipinski definition) is 1. The molecule has 4 nitrogen and oxygen atoms in total. The average Bonchev–Trinajstić information content (AvgIpc) is 2.31. The Labute approximate surface area is 84.0 Å². The Balaban J connectivity index is 2.40. The van der Waals surface area contributed by atoms with Gasteiger partial charge in [0, 0.05) is 18.5 Å². The third-order valence-electron chi connectivity index (χ3n) is 1.54. The van der Waals surface area contributed by atoms with Crippen LogP contribution in [0.2, 0.25) is 0 Å². The van der Waals surface area contributed by atoms with Crippen molar-refractivity contribution in [2.24, 2.45) is 5.10 Å². The predicted octanol–water partition coefficient (Wildman–Crippen LogP) is 0.882. The SMILES string of the molecule is CC(C)NC(=O)CN1C=CC=CC=N1. The third kappa shape index (κ3) is 3.89. The number of carbonyl (C=O) groups excluding carboxylic acids is 1. The van der Waals surface area contributed by atoms with Gasteiger partial charge < -0.3 is 5.32 Å². The lowest BCUT2D eigenvalue weighted by atomic mass is 10.4. The molecule has 76 valence electrons. The molecule has 0 bridgehead atoms. The van der Waals surface area contributed by atoms with E-state index in [4.69, 9.17) is 0 Å². The number of carbonyl (C=O) groups is 1. The summed E-state index contributed by atoms with van der Waals surface area (Å²) in [6, 6.07) is 0.167. The zero-order valence-corrected chi connectivity index (χ0v) is 8.47. The zero-order valence-electron chi connectivity index (χ0n) is 8.47. The van der Waals surface area contributed by atoms with Crippen LogP contribution >= 0.6 is 0 Å². The highest BCUT2D eigenvalue weighted by Crippen LogP contribution is 1.95. The van der Waals surface area contributed by atoms with Crippen LogP contribution < -0.4 is 5.32 Å². The van der Waals surface area contributed by atoms with Crippen molar-refractivity contribution in [1.82, 2.24) is 10.3 Å². The molecule has 1 aliphatic rings. The van der Waals surface area contributed by atoms with Crippen LogP contribution in [0.25, 0.3) is 0 Å². The van der Waals surface area contributed by atoms with E-state index in [0.29, 0.717) is 0 Å². The Morgan fingerprint density at radius 3 is 2.93 bits per heavy atom. The van der Waals surface area contributed by atoms with E-state index < -0.39 is 0 Å². The van der Waals surface area contributed by atoms with Gasteiger partial charge in [0.2, 0.25) is 5.91 Å². The van der Waals surface area contributed by atoms with E-state index in [1.54, 1.807) is 17.4 Å². The highest BCUT2D eigenvalue weighted by molar-refractivity contribution is 5.79. The quantitative estimate of drug-likeness (QED) is 0.723. The van der Waals surface area contributed by atoms with Gasteiger partial charge in [0.25, 0.3) is 0 Å². The van der Waals surface area contributed by atoms with Crippen molar-refractivity contribution in [3.8, 4) is 0 Å². The van der Waals surface area contributed by atoms with Crippen molar-refractivity contribution < 1.29 is 4.79 Å².